The molecule has 5 rings (SSSR count). The molecule has 1 amide bonds. The maximum atomic E-state index is 14.8. The van der Waals surface area contributed by atoms with Gasteiger partial charge in [0.2, 0.25) is 5.91 Å². The average Bonchev–Trinajstić information content (AvgIpc) is 3.46. The van der Waals surface area contributed by atoms with Crippen LogP contribution in [0.3, 0.4) is 0 Å². The molecule has 2 aromatic heterocycles. The molecule has 1 fully saturated rings. The molecule has 1 saturated heterocycles. The largest absolute Gasteiger partial charge is 0.457 e. The van der Waals surface area contributed by atoms with Crippen molar-refractivity contribution in [2.24, 2.45) is 0 Å². The molecule has 6 nitrogen and oxygen atoms in total. The van der Waals surface area contributed by atoms with E-state index in [9.17, 15) is 9.18 Å². The first kappa shape index (κ1) is 20.9. The zero-order valence-electron chi connectivity index (χ0n) is 18.0. The van der Waals surface area contributed by atoms with Crippen LogP contribution in [0.4, 0.5) is 4.39 Å². The summed E-state index contributed by atoms with van der Waals surface area (Å²) in [7, 11) is 0. The van der Waals surface area contributed by atoms with E-state index in [0.717, 1.165) is 24.2 Å². The first-order valence-corrected chi connectivity index (χ1v) is 10.9. The first-order valence-electron chi connectivity index (χ1n) is 10.9. The predicted molar refractivity (Wildman–Crippen MR) is 124 cm³/mol. The second-order valence-electron chi connectivity index (χ2n) is 8.02. The molecule has 0 saturated carbocycles. The fourth-order valence-electron chi connectivity index (χ4n) is 4.37. The van der Waals surface area contributed by atoms with Crippen LogP contribution in [-0.2, 0) is 11.3 Å². The SMILES string of the molecule is C=CC(=O)N1CCCC1Cn1nc(-c2ccc(Oc3ccccc3)cc2)c2cncc(F)c21. The van der Waals surface area contributed by atoms with Crippen LogP contribution >= 0.6 is 0 Å². The van der Waals surface area contributed by atoms with Gasteiger partial charge in [-0.25, -0.2) is 4.39 Å². The molecular weight excluding hydrogens is 419 g/mol. The summed E-state index contributed by atoms with van der Waals surface area (Å²) in [6.45, 7) is 4.68. The van der Waals surface area contributed by atoms with Crippen LogP contribution in [0.2, 0.25) is 0 Å². The lowest BCUT2D eigenvalue weighted by atomic mass is 10.1. The van der Waals surface area contributed by atoms with E-state index in [2.05, 4.69) is 11.6 Å². The van der Waals surface area contributed by atoms with E-state index in [1.54, 1.807) is 15.8 Å². The van der Waals surface area contributed by atoms with Crippen LogP contribution in [0.15, 0.2) is 79.6 Å². The summed E-state index contributed by atoms with van der Waals surface area (Å²) in [5, 5.41) is 5.38. The molecule has 0 spiro atoms. The topological polar surface area (TPSA) is 60.2 Å². The van der Waals surface area contributed by atoms with Crippen molar-refractivity contribution in [3.05, 3.63) is 85.5 Å². The molecule has 1 aliphatic rings. The van der Waals surface area contributed by atoms with Crippen molar-refractivity contribution in [3.8, 4) is 22.8 Å². The Bertz CT molecular complexity index is 1300. The van der Waals surface area contributed by atoms with Gasteiger partial charge in [0.05, 0.1) is 18.8 Å². The number of pyridine rings is 1. The van der Waals surface area contributed by atoms with Gasteiger partial charge in [0, 0.05) is 23.7 Å². The van der Waals surface area contributed by atoms with E-state index in [1.165, 1.54) is 12.3 Å². The summed E-state index contributed by atoms with van der Waals surface area (Å²) in [5.74, 6) is 0.907. The number of halogens is 1. The minimum Gasteiger partial charge on any atom is -0.457 e. The highest BCUT2D eigenvalue weighted by molar-refractivity contribution is 5.93. The Labute approximate surface area is 190 Å². The summed E-state index contributed by atoms with van der Waals surface area (Å²) in [6, 6.07) is 17.0. The van der Waals surface area contributed by atoms with Gasteiger partial charge in [-0.2, -0.15) is 5.10 Å². The monoisotopic (exact) mass is 442 g/mol. The minimum absolute atomic E-state index is 0.0549. The maximum Gasteiger partial charge on any atom is 0.246 e. The van der Waals surface area contributed by atoms with E-state index in [4.69, 9.17) is 9.84 Å². The van der Waals surface area contributed by atoms with Crippen molar-refractivity contribution >= 4 is 16.8 Å². The molecule has 1 atom stereocenters. The molecular formula is C26H23FN4O2. The summed E-state index contributed by atoms with van der Waals surface area (Å²) in [4.78, 5) is 18.0. The molecule has 1 aliphatic heterocycles. The lowest BCUT2D eigenvalue weighted by molar-refractivity contribution is -0.127. The number of hydrogen-bond acceptors (Lipinski definition) is 4. The standard InChI is InChI=1S/C26H23FN4O2/c1-2-24(32)30-14-6-7-19(30)17-31-26-22(15-28-16-23(26)27)25(29-31)18-10-12-21(13-11-18)33-20-8-4-3-5-9-20/h2-5,8-13,15-16,19H,1,6-7,14,17H2. The van der Waals surface area contributed by atoms with E-state index in [0.29, 0.717) is 35.4 Å². The number of nitrogens with zero attached hydrogens (tertiary/aromatic N) is 4. The number of para-hydroxylation sites is 1. The fourth-order valence-corrected chi connectivity index (χ4v) is 4.37. The van der Waals surface area contributed by atoms with Gasteiger partial charge < -0.3 is 9.64 Å². The molecule has 0 radical (unpaired) electrons. The van der Waals surface area contributed by atoms with Gasteiger partial charge >= 0.3 is 0 Å². The number of fused-ring (bicyclic) bond motifs is 1. The van der Waals surface area contributed by atoms with Gasteiger partial charge in [-0.15, -0.1) is 0 Å². The van der Waals surface area contributed by atoms with Gasteiger partial charge in [-0.3, -0.25) is 14.5 Å². The molecule has 4 aromatic rings. The number of carbonyl (C=O) groups excluding carboxylic acids is 1. The van der Waals surface area contributed by atoms with E-state index >= 15 is 0 Å². The Morgan fingerprint density at radius 1 is 1.12 bits per heavy atom. The first-order chi connectivity index (χ1) is 16.1. The second kappa shape index (κ2) is 8.86. The molecule has 7 heteroatoms. The normalized spacial score (nSPS) is 15.7. The molecule has 0 N–H and O–H groups in total. The quantitative estimate of drug-likeness (QED) is 0.385. The Balaban J connectivity index is 1.47. The number of aromatic nitrogens is 3. The molecule has 0 bridgehead atoms. The summed E-state index contributed by atoms with van der Waals surface area (Å²) < 4.78 is 22.4. The highest BCUT2D eigenvalue weighted by atomic mass is 19.1. The van der Waals surface area contributed by atoms with Crippen LogP contribution < -0.4 is 4.74 Å². The van der Waals surface area contributed by atoms with Gasteiger partial charge in [0.25, 0.3) is 0 Å². The number of carbonyl (C=O) groups is 1. The molecule has 3 heterocycles. The second-order valence-corrected chi connectivity index (χ2v) is 8.02. The van der Waals surface area contributed by atoms with E-state index < -0.39 is 5.82 Å². The van der Waals surface area contributed by atoms with Crippen LogP contribution in [-0.4, -0.2) is 38.2 Å². The number of ether oxygens (including phenoxy) is 1. The Hall–Kier alpha value is -4.00. The molecule has 0 aliphatic carbocycles. The van der Waals surface area contributed by atoms with E-state index in [-0.39, 0.29) is 11.9 Å². The third kappa shape index (κ3) is 4.09. The number of likely N-dealkylation sites (tertiary alicyclic amines) is 1. The summed E-state index contributed by atoms with van der Waals surface area (Å²) >= 11 is 0. The molecule has 33 heavy (non-hydrogen) atoms. The van der Waals surface area contributed by atoms with Crippen molar-refractivity contribution < 1.29 is 13.9 Å². The zero-order valence-corrected chi connectivity index (χ0v) is 18.0. The Morgan fingerprint density at radius 2 is 1.88 bits per heavy atom. The minimum atomic E-state index is -0.435. The molecule has 166 valence electrons. The zero-order chi connectivity index (χ0) is 22.8. The van der Waals surface area contributed by atoms with Crippen LogP contribution in [0, 0.1) is 5.82 Å². The Kier molecular flexibility index (Phi) is 5.60. The van der Waals surface area contributed by atoms with Crippen molar-refractivity contribution in [1.82, 2.24) is 19.7 Å². The van der Waals surface area contributed by atoms with Gasteiger partial charge in [-0.1, -0.05) is 24.8 Å². The third-order valence-corrected chi connectivity index (χ3v) is 5.93. The van der Waals surface area contributed by atoms with Crippen LogP contribution in [0.5, 0.6) is 11.5 Å². The van der Waals surface area contributed by atoms with Crippen LogP contribution in [0.25, 0.3) is 22.2 Å². The van der Waals surface area contributed by atoms with Gasteiger partial charge in [0.15, 0.2) is 5.82 Å². The lowest BCUT2D eigenvalue weighted by Gasteiger charge is -2.23. The fraction of sp³-hybridized carbons (Fsp3) is 0.192. The molecule has 1 unspecified atom stereocenters. The van der Waals surface area contributed by atoms with E-state index in [1.807, 2.05) is 54.6 Å². The van der Waals surface area contributed by atoms with Crippen molar-refractivity contribution in [2.45, 2.75) is 25.4 Å². The lowest BCUT2D eigenvalue weighted by Crippen LogP contribution is -2.37. The Morgan fingerprint density at radius 3 is 2.64 bits per heavy atom. The highest BCUT2D eigenvalue weighted by Gasteiger charge is 2.29. The van der Waals surface area contributed by atoms with Crippen molar-refractivity contribution in [1.29, 1.82) is 0 Å². The number of amides is 1. The maximum absolute atomic E-state index is 14.8. The third-order valence-electron chi connectivity index (χ3n) is 5.93. The molecule has 2 aromatic carbocycles. The van der Waals surface area contributed by atoms with Gasteiger partial charge in [-0.05, 0) is 55.3 Å². The number of hydrogen-bond donors (Lipinski definition) is 0. The number of benzene rings is 2. The smallest absolute Gasteiger partial charge is 0.246 e. The summed E-state index contributed by atoms with van der Waals surface area (Å²) in [5.41, 5.74) is 1.86. The van der Waals surface area contributed by atoms with Crippen LogP contribution in [0.1, 0.15) is 12.8 Å². The summed E-state index contributed by atoms with van der Waals surface area (Å²) in [6.07, 6.45) is 5.90. The predicted octanol–water partition coefficient (Wildman–Crippen LogP) is 5.21. The van der Waals surface area contributed by atoms with Crippen molar-refractivity contribution in [2.75, 3.05) is 6.54 Å². The van der Waals surface area contributed by atoms with Gasteiger partial charge in [0.1, 0.15) is 22.7 Å². The average molecular weight is 442 g/mol. The number of rotatable bonds is 6. The van der Waals surface area contributed by atoms with Crippen molar-refractivity contribution in [3.63, 3.8) is 0 Å². The highest BCUT2D eigenvalue weighted by Crippen LogP contribution is 2.32.